The Balaban J connectivity index is 1.37. The number of thiophene rings is 1. The average molecular weight is 347 g/mol. The molecule has 2 amide bonds. The zero-order chi connectivity index (χ0) is 16.5. The summed E-state index contributed by atoms with van der Waals surface area (Å²) in [5.41, 5.74) is 3.38. The summed E-state index contributed by atoms with van der Waals surface area (Å²) in [5, 5.41) is 12.1. The molecule has 24 heavy (non-hydrogen) atoms. The molecule has 4 rings (SSSR count). The van der Waals surface area contributed by atoms with Crippen LogP contribution in [0.2, 0.25) is 0 Å². The average Bonchev–Trinajstić information content (AvgIpc) is 3.22. The zero-order valence-electron chi connectivity index (χ0n) is 13.4. The van der Waals surface area contributed by atoms with E-state index in [-0.39, 0.29) is 24.4 Å². The van der Waals surface area contributed by atoms with Gasteiger partial charge in [-0.3, -0.25) is 14.6 Å². The SMILES string of the molecule is O=C(CN1N=CN2NC3CCCCC3C2C1=O)NCc1cccs1. The number of carbonyl (C=O) groups is 2. The summed E-state index contributed by atoms with van der Waals surface area (Å²) < 4.78 is 0. The van der Waals surface area contributed by atoms with Gasteiger partial charge in [0.05, 0.1) is 6.54 Å². The molecule has 1 aromatic heterocycles. The van der Waals surface area contributed by atoms with Gasteiger partial charge in [0.15, 0.2) is 0 Å². The number of nitrogens with zero attached hydrogens (tertiary/aromatic N) is 3. The molecule has 0 spiro atoms. The van der Waals surface area contributed by atoms with Gasteiger partial charge < -0.3 is 5.32 Å². The third-order valence-corrected chi connectivity index (χ3v) is 5.87. The first-order valence-corrected chi connectivity index (χ1v) is 9.29. The van der Waals surface area contributed by atoms with Gasteiger partial charge in [-0.1, -0.05) is 18.9 Å². The van der Waals surface area contributed by atoms with Gasteiger partial charge in [0, 0.05) is 16.8 Å². The standard InChI is InChI=1S/C16H21N5O2S/c22-14(17-8-11-4-3-7-24-11)9-20-16(23)15-12-5-1-2-6-13(12)19-21(15)10-18-20/h3-4,7,10,12-13,15,19H,1-2,5-6,8-9H2,(H,17,22). The Hall–Kier alpha value is -1.93. The molecule has 1 saturated heterocycles. The van der Waals surface area contributed by atoms with Gasteiger partial charge in [-0.15, -0.1) is 11.3 Å². The molecule has 1 aromatic rings. The molecule has 2 aliphatic heterocycles. The fourth-order valence-corrected chi connectivity index (χ4v) is 4.46. The van der Waals surface area contributed by atoms with Crippen LogP contribution in [-0.4, -0.2) is 46.8 Å². The molecular formula is C16H21N5O2S. The van der Waals surface area contributed by atoms with Crippen LogP contribution in [0.1, 0.15) is 30.6 Å². The molecule has 1 aliphatic carbocycles. The molecule has 2 fully saturated rings. The summed E-state index contributed by atoms with van der Waals surface area (Å²) in [7, 11) is 0. The van der Waals surface area contributed by atoms with E-state index in [0.717, 1.165) is 17.7 Å². The van der Waals surface area contributed by atoms with Gasteiger partial charge in [-0.05, 0) is 24.3 Å². The van der Waals surface area contributed by atoms with E-state index >= 15 is 0 Å². The number of carbonyl (C=O) groups excluding carboxylic acids is 2. The Morgan fingerprint density at radius 1 is 1.42 bits per heavy atom. The summed E-state index contributed by atoms with van der Waals surface area (Å²) in [4.78, 5) is 26.0. The van der Waals surface area contributed by atoms with Crippen molar-refractivity contribution in [2.45, 2.75) is 44.3 Å². The third kappa shape index (κ3) is 2.91. The van der Waals surface area contributed by atoms with Gasteiger partial charge in [0.2, 0.25) is 5.91 Å². The normalized spacial score (nSPS) is 28.7. The first-order valence-electron chi connectivity index (χ1n) is 8.41. The van der Waals surface area contributed by atoms with Crippen molar-refractivity contribution in [2.24, 2.45) is 11.0 Å². The highest BCUT2D eigenvalue weighted by atomic mass is 32.1. The van der Waals surface area contributed by atoms with E-state index in [1.807, 2.05) is 22.5 Å². The number of hydrazone groups is 1. The van der Waals surface area contributed by atoms with Crippen LogP contribution < -0.4 is 10.7 Å². The van der Waals surface area contributed by atoms with E-state index in [0.29, 0.717) is 18.5 Å². The Kier molecular flexibility index (Phi) is 4.24. The molecule has 128 valence electrons. The van der Waals surface area contributed by atoms with Crippen LogP contribution in [0.4, 0.5) is 0 Å². The molecule has 3 unspecified atom stereocenters. The van der Waals surface area contributed by atoms with Crippen LogP contribution in [0.5, 0.6) is 0 Å². The second kappa shape index (κ2) is 6.52. The number of hydrogen-bond donors (Lipinski definition) is 2. The number of fused-ring (bicyclic) bond motifs is 3. The summed E-state index contributed by atoms with van der Waals surface area (Å²) in [6.45, 7) is 0.465. The van der Waals surface area contributed by atoms with Crippen molar-refractivity contribution in [3.63, 3.8) is 0 Å². The number of hydrazine groups is 1. The lowest BCUT2D eigenvalue weighted by Crippen LogP contribution is -2.53. The molecule has 2 N–H and O–H groups in total. The lowest BCUT2D eigenvalue weighted by atomic mass is 9.81. The minimum Gasteiger partial charge on any atom is -0.350 e. The molecule has 0 aromatic carbocycles. The van der Waals surface area contributed by atoms with Gasteiger partial charge >= 0.3 is 0 Å². The Bertz CT molecular complexity index is 647. The highest BCUT2D eigenvalue weighted by Crippen LogP contribution is 2.35. The number of amides is 2. The monoisotopic (exact) mass is 347 g/mol. The fraction of sp³-hybridized carbons (Fsp3) is 0.562. The maximum atomic E-state index is 12.8. The molecule has 0 bridgehead atoms. The largest absolute Gasteiger partial charge is 0.350 e. The van der Waals surface area contributed by atoms with Gasteiger partial charge in [-0.25, -0.2) is 10.4 Å². The highest BCUT2D eigenvalue weighted by molar-refractivity contribution is 7.09. The van der Waals surface area contributed by atoms with Crippen molar-refractivity contribution in [1.29, 1.82) is 0 Å². The first-order chi connectivity index (χ1) is 11.7. The number of nitrogens with one attached hydrogen (secondary N) is 2. The van der Waals surface area contributed by atoms with Crippen LogP contribution in [0.25, 0.3) is 0 Å². The molecule has 0 radical (unpaired) electrons. The first kappa shape index (κ1) is 15.6. The summed E-state index contributed by atoms with van der Waals surface area (Å²) in [6.07, 6.45) is 6.17. The van der Waals surface area contributed by atoms with Crippen molar-refractivity contribution in [2.75, 3.05) is 6.54 Å². The molecule has 1 saturated carbocycles. The number of hydrogen-bond acceptors (Lipinski definition) is 6. The third-order valence-electron chi connectivity index (χ3n) is 5.00. The number of rotatable bonds is 4. The lowest BCUT2D eigenvalue weighted by molar-refractivity contribution is -0.141. The maximum Gasteiger partial charge on any atom is 0.267 e. The molecule has 8 heteroatoms. The van der Waals surface area contributed by atoms with Crippen molar-refractivity contribution < 1.29 is 9.59 Å². The molecule has 7 nitrogen and oxygen atoms in total. The van der Waals surface area contributed by atoms with Gasteiger partial charge in [0.25, 0.3) is 5.91 Å². The van der Waals surface area contributed by atoms with Crippen molar-refractivity contribution in [3.8, 4) is 0 Å². The van der Waals surface area contributed by atoms with E-state index < -0.39 is 0 Å². The maximum absolute atomic E-state index is 12.8. The lowest BCUT2D eigenvalue weighted by Gasteiger charge is -2.32. The van der Waals surface area contributed by atoms with Crippen molar-refractivity contribution in [1.82, 2.24) is 20.8 Å². The quantitative estimate of drug-likeness (QED) is 0.848. The van der Waals surface area contributed by atoms with Crippen LogP contribution in [0, 0.1) is 5.92 Å². The molecular weight excluding hydrogens is 326 g/mol. The smallest absolute Gasteiger partial charge is 0.267 e. The van der Waals surface area contributed by atoms with E-state index in [1.54, 1.807) is 17.7 Å². The predicted molar refractivity (Wildman–Crippen MR) is 90.9 cm³/mol. The Morgan fingerprint density at radius 3 is 3.12 bits per heavy atom. The van der Waals surface area contributed by atoms with Gasteiger partial charge in [0.1, 0.15) is 18.9 Å². The van der Waals surface area contributed by atoms with Crippen LogP contribution in [-0.2, 0) is 16.1 Å². The molecule has 3 heterocycles. The summed E-state index contributed by atoms with van der Waals surface area (Å²) >= 11 is 1.60. The summed E-state index contributed by atoms with van der Waals surface area (Å²) in [5.74, 6) is 0.0499. The molecule has 3 atom stereocenters. The highest BCUT2D eigenvalue weighted by Gasteiger charge is 2.48. The Labute approximate surface area is 144 Å². The minimum atomic E-state index is -0.224. The van der Waals surface area contributed by atoms with E-state index in [4.69, 9.17) is 0 Å². The topological polar surface area (TPSA) is 77.0 Å². The Morgan fingerprint density at radius 2 is 2.29 bits per heavy atom. The second-order valence-corrected chi connectivity index (χ2v) is 7.55. The molecule has 3 aliphatic rings. The zero-order valence-corrected chi connectivity index (χ0v) is 14.2. The van der Waals surface area contributed by atoms with Gasteiger partial charge in [-0.2, -0.15) is 5.10 Å². The van der Waals surface area contributed by atoms with E-state index in [2.05, 4.69) is 15.8 Å². The summed E-state index contributed by atoms with van der Waals surface area (Å²) in [6, 6.07) is 4.05. The van der Waals surface area contributed by atoms with Crippen LogP contribution in [0.15, 0.2) is 22.6 Å². The van der Waals surface area contributed by atoms with E-state index in [1.165, 1.54) is 17.9 Å². The fourth-order valence-electron chi connectivity index (χ4n) is 3.82. The van der Waals surface area contributed by atoms with Crippen molar-refractivity contribution in [3.05, 3.63) is 22.4 Å². The second-order valence-electron chi connectivity index (χ2n) is 6.52. The van der Waals surface area contributed by atoms with E-state index in [9.17, 15) is 9.59 Å². The van der Waals surface area contributed by atoms with Crippen molar-refractivity contribution >= 4 is 29.5 Å². The van der Waals surface area contributed by atoms with Crippen LogP contribution in [0.3, 0.4) is 0 Å². The predicted octanol–water partition coefficient (Wildman–Crippen LogP) is 0.897. The minimum absolute atomic E-state index is 0.0254. The van der Waals surface area contributed by atoms with Crippen LogP contribution >= 0.6 is 11.3 Å².